The van der Waals surface area contributed by atoms with E-state index >= 15 is 0 Å². The highest BCUT2D eigenvalue weighted by Gasteiger charge is 2.62. The van der Waals surface area contributed by atoms with E-state index in [0.29, 0.717) is 24.8 Å². The van der Waals surface area contributed by atoms with E-state index in [2.05, 4.69) is 19.7 Å². The average molecular weight is 284 g/mol. The van der Waals surface area contributed by atoms with Crippen LogP contribution in [-0.4, -0.2) is 17.3 Å². The molecular weight excluding hydrogens is 264 g/mol. The summed E-state index contributed by atoms with van der Waals surface area (Å²) >= 11 is 0. The third-order valence-corrected chi connectivity index (χ3v) is 4.52. The fourth-order valence-electron chi connectivity index (χ4n) is 3.67. The second-order valence-electron chi connectivity index (χ2n) is 6.03. The molecule has 2 atom stereocenters. The van der Waals surface area contributed by atoms with Gasteiger partial charge in [0.2, 0.25) is 0 Å². The molecule has 2 aliphatic rings. The lowest BCUT2D eigenvalue weighted by Gasteiger charge is -2.47. The monoisotopic (exact) mass is 284 g/mol. The van der Waals surface area contributed by atoms with E-state index in [1.807, 2.05) is 0 Å². The minimum Gasteiger partial charge on any atom is -0.298 e. The average Bonchev–Trinajstić information content (AvgIpc) is 2.40. The van der Waals surface area contributed by atoms with Gasteiger partial charge in [-0.2, -0.15) is 0 Å². The predicted molar refractivity (Wildman–Crippen MR) is 81.6 cm³/mol. The molecule has 3 heteroatoms. The molecular formula is C18H20O3. The number of ketones is 3. The molecule has 2 bridgehead atoms. The lowest BCUT2D eigenvalue weighted by molar-refractivity contribution is -0.154. The number of rotatable bonds is 5. The topological polar surface area (TPSA) is 51.2 Å². The van der Waals surface area contributed by atoms with Gasteiger partial charge < -0.3 is 0 Å². The molecule has 0 aliphatic heterocycles. The van der Waals surface area contributed by atoms with E-state index < -0.39 is 10.8 Å². The molecule has 110 valence electrons. The van der Waals surface area contributed by atoms with Crippen molar-refractivity contribution in [2.45, 2.75) is 32.6 Å². The molecule has 2 aliphatic carbocycles. The summed E-state index contributed by atoms with van der Waals surface area (Å²) in [6.45, 7) is 12.6. The first-order valence-electron chi connectivity index (χ1n) is 7.05. The molecule has 0 aromatic rings. The number of carbonyl (C=O) groups is 3. The van der Waals surface area contributed by atoms with E-state index in [9.17, 15) is 14.4 Å². The van der Waals surface area contributed by atoms with Crippen LogP contribution in [0.25, 0.3) is 0 Å². The number of hydrogen-bond acceptors (Lipinski definition) is 3. The Bertz CT molecular complexity index is 608. The lowest BCUT2D eigenvalue weighted by Crippen LogP contribution is -2.58. The Morgan fingerprint density at radius 1 is 1.29 bits per heavy atom. The molecule has 2 rings (SSSR count). The van der Waals surface area contributed by atoms with Crippen LogP contribution in [0.1, 0.15) is 32.6 Å². The summed E-state index contributed by atoms with van der Waals surface area (Å²) in [7, 11) is 0. The van der Waals surface area contributed by atoms with E-state index in [0.717, 1.165) is 5.57 Å². The smallest absolute Gasteiger partial charge is 0.180 e. The molecule has 0 aromatic heterocycles. The fraction of sp³-hybridized carbons (Fsp3) is 0.389. The third kappa shape index (κ3) is 1.99. The van der Waals surface area contributed by atoms with Gasteiger partial charge >= 0.3 is 0 Å². The van der Waals surface area contributed by atoms with Crippen molar-refractivity contribution in [1.29, 1.82) is 0 Å². The normalized spacial score (nSPS) is 31.7. The standard InChI is InChI=1S/C18H20O3/c1-5-7-14-11-17(8-6-2)9-12(3)10-18(13(4)19,15(14)20)16(17)21/h5-6,11H,1-3,7-10H2,4H3. The number of allylic oxidation sites excluding steroid dienone is 5. The van der Waals surface area contributed by atoms with Gasteiger partial charge in [-0.25, -0.2) is 0 Å². The SMILES string of the molecule is C=CCC1=CC2(CC=C)CC(=C)CC(C(C)=O)(C1=O)C2=O. The summed E-state index contributed by atoms with van der Waals surface area (Å²) in [5, 5.41) is 0. The first kappa shape index (κ1) is 15.4. The summed E-state index contributed by atoms with van der Waals surface area (Å²) in [5.41, 5.74) is -1.15. The van der Waals surface area contributed by atoms with Gasteiger partial charge in [0.15, 0.2) is 22.8 Å². The van der Waals surface area contributed by atoms with Crippen molar-refractivity contribution >= 4 is 17.3 Å². The molecule has 21 heavy (non-hydrogen) atoms. The minimum atomic E-state index is -1.58. The van der Waals surface area contributed by atoms with Gasteiger partial charge in [0.1, 0.15) is 0 Å². The van der Waals surface area contributed by atoms with Gasteiger partial charge in [-0.1, -0.05) is 30.4 Å². The highest BCUT2D eigenvalue weighted by atomic mass is 16.2. The predicted octanol–water partition coefficient (Wildman–Crippen LogP) is 3.13. The Hall–Kier alpha value is -2.03. The van der Waals surface area contributed by atoms with E-state index in [1.54, 1.807) is 18.2 Å². The minimum absolute atomic E-state index is 0.132. The summed E-state index contributed by atoms with van der Waals surface area (Å²) in [4.78, 5) is 38.0. The van der Waals surface area contributed by atoms with Crippen LogP contribution in [-0.2, 0) is 14.4 Å². The van der Waals surface area contributed by atoms with Crippen molar-refractivity contribution in [1.82, 2.24) is 0 Å². The Balaban J connectivity index is 2.74. The summed E-state index contributed by atoms with van der Waals surface area (Å²) in [6, 6.07) is 0. The zero-order chi connectivity index (χ0) is 15.8. The number of hydrogen-bond donors (Lipinski definition) is 0. The molecule has 0 aromatic carbocycles. The van der Waals surface area contributed by atoms with Crippen LogP contribution in [0.3, 0.4) is 0 Å². The Morgan fingerprint density at radius 2 is 1.95 bits per heavy atom. The summed E-state index contributed by atoms with van der Waals surface area (Å²) in [6.07, 6.45) is 6.40. The third-order valence-electron chi connectivity index (χ3n) is 4.52. The van der Waals surface area contributed by atoms with Gasteiger partial charge in [-0.15, -0.1) is 13.2 Å². The van der Waals surface area contributed by atoms with Crippen molar-refractivity contribution in [2.75, 3.05) is 0 Å². The highest BCUT2D eigenvalue weighted by Crippen LogP contribution is 2.54. The Kier molecular flexibility index (Phi) is 3.70. The maximum atomic E-state index is 13.0. The van der Waals surface area contributed by atoms with Crippen LogP contribution in [0.5, 0.6) is 0 Å². The number of Topliss-reactive ketones (excluding diaryl/α,β-unsaturated/α-hetero) is 3. The molecule has 2 unspecified atom stereocenters. The maximum absolute atomic E-state index is 13.0. The molecule has 0 saturated heterocycles. The van der Waals surface area contributed by atoms with Crippen molar-refractivity contribution in [3.05, 3.63) is 49.1 Å². The number of fused-ring (bicyclic) bond motifs is 2. The molecule has 1 fully saturated rings. The molecule has 1 saturated carbocycles. The van der Waals surface area contributed by atoms with E-state index in [4.69, 9.17) is 0 Å². The van der Waals surface area contributed by atoms with Crippen molar-refractivity contribution in [2.24, 2.45) is 10.8 Å². The molecule has 0 N–H and O–H groups in total. The Labute approximate surface area is 125 Å². The molecule has 0 spiro atoms. The second-order valence-corrected chi connectivity index (χ2v) is 6.03. The zero-order valence-electron chi connectivity index (χ0n) is 12.4. The van der Waals surface area contributed by atoms with Gasteiger partial charge in [-0.3, -0.25) is 14.4 Å². The summed E-state index contributed by atoms with van der Waals surface area (Å²) < 4.78 is 0. The molecule has 3 nitrogen and oxygen atoms in total. The fourth-order valence-corrected chi connectivity index (χ4v) is 3.67. The second kappa shape index (κ2) is 5.06. The quantitative estimate of drug-likeness (QED) is 0.575. The zero-order valence-corrected chi connectivity index (χ0v) is 12.4. The van der Waals surface area contributed by atoms with Crippen LogP contribution in [0.4, 0.5) is 0 Å². The van der Waals surface area contributed by atoms with Gasteiger partial charge in [0.25, 0.3) is 0 Å². The maximum Gasteiger partial charge on any atom is 0.180 e. The first-order chi connectivity index (χ1) is 9.84. The highest BCUT2D eigenvalue weighted by molar-refractivity contribution is 6.32. The van der Waals surface area contributed by atoms with Gasteiger partial charge in [-0.05, 0) is 38.2 Å². The molecule has 0 heterocycles. The van der Waals surface area contributed by atoms with Crippen molar-refractivity contribution in [3.8, 4) is 0 Å². The first-order valence-corrected chi connectivity index (χ1v) is 7.05. The summed E-state index contributed by atoms with van der Waals surface area (Å²) in [5.74, 6) is -1.05. The van der Waals surface area contributed by atoms with Crippen molar-refractivity contribution < 1.29 is 14.4 Å². The van der Waals surface area contributed by atoms with Gasteiger partial charge in [0, 0.05) is 0 Å². The molecule has 0 amide bonds. The van der Waals surface area contributed by atoms with Crippen LogP contribution >= 0.6 is 0 Å². The van der Waals surface area contributed by atoms with Crippen LogP contribution < -0.4 is 0 Å². The van der Waals surface area contributed by atoms with Crippen LogP contribution in [0, 0.1) is 10.8 Å². The van der Waals surface area contributed by atoms with E-state index in [1.165, 1.54) is 6.92 Å². The Morgan fingerprint density at radius 3 is 2.48 bits per heavy atom. The van der Waals surface area contributed by atoms with Crippen LogP contribution in [0.15, 0.2) is 49.1 Å². The van der Waals surface area contributed by atoms with Gasteiger partial charge in [0.05, 0.1) is 5.41 Å². The largest absolute Gasteiger partial charge is 0.298 e. The van der Waals surface area contributed by atoms with Crippen molar-refractivity contribution in [3.63, 3.8) is 0 Å². The van der Waals surface area contributed by atoms with Crippen LogP contribution in [0.2, 0.25) is 0 Å². The van der Waals surface area contributed by atoms with E-state index in [-0.39, 0.29) is 23.8 Å². The number of carbonyl (C=O) groups excluding carboxylic acids is 3. The lowest BCUT2D eigenvalue weighted by atomic mass is 9.51. The molecule has 0 radical (unpaired) electrons.